The summed E-state index contributed by atoms with van der Waals surface area (Å²) in [7, 11) is 0. The van der Waals surface area contributed by atoms with Crippen molar-refractivity contribution >= 4 is 23.5 Å². The molecule has 0 bridgehead atoms. The fourth-order valence-corrected chi connectivity index (χ4v) is 2.47. The Morgan fingerprint density at radius 3 is 2.31 bits per heavy atom. The lowest BCUT2D eigenvalue weighted by Gasteiger charge is -2.12. The highest BCUT2D eigenvalue weighted by Crippen LogP contribution is 2.16. The summed E-state index contributed by atoms with van der Waals surface area (Å²) in [6, 6.07) is 26.2. The first-order valence-corrected chi connectivity index (χ1v) is 9.06. The van der Waals surface area contributed by atoms with E-state index in [4.69, 9.17) is 10.00 Å². The lowest BCUT2D eigenvalue weighted by molar-refractivity contribution is -0.127. The monoisotopic (exact) mass is 384 g/mol. The SMILES string of the molecule is C[C@@H](Oc1ccc(C#N)cc1)C(=O)N/N=C\c1ccc(Nc2ccccc2)cc1. The second-order valence-electron chi connectivity index (χ2n) is 6.24. The van der Waals surface area contributed by atoms with Gasteiger partial charge in [-0.15, -0.1) is 0 Å². The number of rotatable bonds is 7. The van der Waals surface area contributed by atoms with E-state index in [2.05, 4.69) is 15.8 Å². The maximum Gasteiger partial charge on any atom is 0.280 e. The minimum absolute atomic E-state index is 0.368. The lowest BCUT2D eigenvalue weighted by Crippen LogP contribution is -2.33. The second kappa shape index (κ2) is 9.72. The van der Waals surface area contributed by atoms with Crippen LogP contribution in [-0.2, 0) is 4.79 Å². The number of hydrogen-bond acceptors (Lipinski definition) is 5. The molecule has 2 N–H and O–H groups in total. The summed E-state index contributed by atoms with van der Waals surface area (Å²) in [6.07, 6.45) is 0.844. The molecule has 6 heteroatoms. The van der Waals surface area contributed by atoms with Crippen molar-refractivity contribution in [3.8, 4) is 11.8 Å². The van der Waals surface area contributed by atoms with E-state index in [1.807, 2.05) is 60.7 Å². The zero-order valence-corrected chi connectivity index (χ0v) is 15.9. The molecule has 0 spiro atoms. The first-order valence-electron chi connectivity index (χ1n) is 9.06. The molecule has 6 nitrogen and oxygen atoms in total. The van der Waals surface area contributed by atoms with Crippen molar-refractivity contribution in [1.82, 2.24) is 5.43 Å². The van der Waals surface area contributed by atoms with E-state index < -0.39 is 6.10 Å². The lowest BCUT2D eigenvalue weighted by atomic mass is 10.2. The Morgan fingerprint density at radius 1 is 1.00 bits per heavy atom. The molecule has 0 aromatic heterocycles. The molecule has 0 fully saturated rings. The van der Waals surface area contributed by atoms with E-state index in [1.165, 1.54) is 0 Å². The largest absolute Gasteiger partial charge is 0.481 e. The number of hydrogen-bond donors (Lipinski definition) is 2. The average molecular weight is 384 g/mol. The number of carbonyl (C=O) groups is 1. The van der Waals surface area contributed by atoms with Crippen LogP contribution in [0.5, 0.6) is 5.75 Å². The maximum atomic E-state index is 12.1. The van der Waals surface area contributed by atoms with Gasteiger partial charge in [0.15, 0.2) is 6.10 Å². The highest BCUT2D eigenvalue weighted by atomic mass is 16.5. The highest BCUT2D eigenvalue weighted by Gasteiger charge is 2.13. The minimum atomic E-state index is -0.725. The molecule has 0 radical (unpaired) electrons. The van der Waals surface area contributed by atoms with Gasteiger partial charge in [-0.2, -0.15) is 10.4 Å². The molecular formula is C23H20N4O2. The van der Waals surface area contributed by atoms with Gasteiger partial charge >= 0.3 is 0 Å². The molecule has 0 saturated heterocycles. The summed E-state index contributed by atoms with van der Waals surface area (Å²) in [4.78, 5) is 12.1. The van der Waals surface area contributed by atoms with Crippen LogP contribution in [0.15, 0.2) is 84.0 Å². The summed E-state index contributed by atoms with van der Waals surface area (Å²) >= 11 is 0. The topological polar surface area (TPSA) is 86.5 Å². The number of para-hydroxylation sites is 1. The van der Waals surface area contributed by atoms with Crippen molar-refractivity contribution in [2.24, 2.45) is 5.10 Å². The van der Waals surface area contributed by atoms with Gasteiger partial charge in [-0.05, 0) is 61.0 Å². The van der Waals surface area contributed by atoms with Crippen LogP contribution in [0.25, 0.3) is 0 Å². The molecule has 0 unspecified atom stereocenters. The Hall–Kier alpha value is -4.11. The third kappa shape index (κ3) is 5.94. The summed E-state index contributed by atoms with van der Waals surface area (Å²) in [5, 5.41) is 16.1. The second-order valence-corrected chi connectivity index (χ2v) is 6.24. The molecule has 3 rings (SSSR count). The fourth-order valence-electron chi connectivity index (χ4n) is 2.47. The van der Waals surface area contributed by atoms with Gasteiger partial charge in [0.05, 0.1) is 17.8 Å². The van der Waals surface area contributed by atoms with Crippen LogP contribution in [0.2, 0.25) is 0 Å². The number of nitrogens with one attached hydrogen (secondary N) is 2. The predicted molar refractivity (Wildman–Crippen MR) is 113 cm³/mol. The fraction of sp³-hybridized carbons (Fsp3) is 0.0870. The number of benzene rings is 3. The van der Waals surface area contributed by atoms with E-state index in [-0.39, 0.29) is 5.91 Å². The molecule has 0 saturated carbocycles. The van der Waals surface area contributed by atoms with Crippen molar-refractivity contribution in [3.63, 3.8) is 0 Å². The van der Waals surface area contributed by atoms with Crippen molar-refractivity contribution < 1.29 is 9.53 Å². The van der Waals surface area contributed by atoms with E-state index >= 15 is 0 Å². The molecule has 29 heavy (non-hydrogen) atoms. The van der Waals surface area contributed by atoms with Crippen LogP contribution in [0.3, 0.4) is 0 Å². The van der Waals surface area contributed by atoms with E-state index in [9.17, 15) is 4.79 Å². The normalized spacial score (nSPS) is 11.4. The van der Waals surface area contributed by atoms with Gasteiger partial charge in [-0.1, -0.05) is 30.3 Å². The maximum absolute atomic E-state index is 12.1. The third-order valence-corrected chi connectivity index (χ3v) is 4.03. The number of anilines is 2. The van der Waals surface area contributed by atoms with Crippen LogP contribution in [0.4, 0.5) is 11.4 Å². The molecule has 3 aromatic rings. The van der Waals surface area contributed by atoms with Crippen molar-refractivity contribution in [1.29, 1.82) is 5.26 Å². The first-order chi connectivity index (χ1) is 14.1. The van der Waals surface area contributed by atoms with Crippen molar-refractivity contribution in [2.75, 3.05) is 5.32 Å². The molecule has 0 aliphatic carbocycles. The molecule has 0 heterocycles. The van der Waals surface area contributed by atoms with Gasteiger partial charge in [0, 0.05) is 11.4 Å². The zero-order chi connectivity index (χ0) is 20.5. The van der Waals surface area contributed by atoms with E-state index in [0.717, 1.165) is 16.9 Å². The number of carbonyl (C=O) groups excluding carboxylic acids is 1. The van der Waals surface area contributed by atoms with Gasteiger partial charge < -0.3 is 10.1 Å². The Morgan fingerprint density at radius 2 is 1.66 bits per heavy atom. The summed E-state index contributed by atoms with van der Waals surface area (Å²) in [6.45, 7) is 1.63. The summed E-state index contributed by atoms with van der Waals surface area (Å²) in [5.74, 6) is 0.144. The molecular weight excluding hydrogens is 364 g/mol. The van der Waals surface area contributed by atoms with Gasteiger partial charge in [0.1, 0.15) is 5.75 Å². The van der Waals surface area contributed by atoms with Gasteiger partial charge in [-0.25, -0.2) is 5.43 Å². The van der Waals surface area contributed by atoms with Gasteiger partial charge in [-0.3, -0.25) is 4.79 Å². The van der Waals surface area contributed by atoms with Crippen LogP contribution in [0, 0.1) is 11.3 Å². The van der Waals surface area contributed by atoms with Crippen molar-refractivity contribution in [2.45, 2.75) is 13.0 Å². The Bertz CT molecular complexity index is 1010. The van der Waals surface area contributed by atoms with Gasteiger partial charge in [0.2, 0.25) is 0 Å². The quantitative estimate of drug-likeness (QED) is 0.472. The van der Waals surface area contributed by atoms with Crippen LogP contribution >= 0.6 is 0 Å². The molecule has 1 amide bonds. The number of amides is 1. The Balaban J connectivity index is 1.49. The number of hydrazone groups is 1. The first kappa shape index (κ1) is 19.6. The minimum Gasteiger partial charge on any atom is -0.481 e. The van der Waals surface area contributed by atoms with Crippen LogP contribution in [0.1, 0.15) is 18.1 Å². The molecule has 3 aromatic carbocycles. The summed E-state index contributed by atoms with van der Waals surface area (Å²) < 4.78 is 5.55. The standard InChI is InChI=1S/C23H20N4O2/c1-17(29-22-13-9-18(15-24)10-14-22)23(28)27-25-16-19-7-11-21(12-8-19)26-20-5-3-2-4-6-20/h2-14,16-17,26H,1H3,(H,27,28)/b25-16-/t17-/m1/s1. The third-order valence-electron chi connectivity index (χ3n) is 4.03. The Kier molecular flexibility index (Phi) is 6.58. The Labute approximate surface area is 169 Å². The highest BCUT2D eigenvalue weighted by molar-refractivity contribution is 5.84. The number of nitrogens with zero attached hydrogens (tertiary/aromatic N) is 2. The molecule has 0 aliphatic rings. The predicted octanol–water partition coefficient (Wildman–Crippen LogP) is 4.22. The number of nitriles is 1. The molecule has 144 valence electrons. The molecule has 0 aliphatic heterocycles. The van der Waals surface area contributed by atoms with Crippen molar-refractivity contribution in [3.05, 3.63) is 90.0 Å². The summed E-state index contributed by atoms with van der Waals surface area (Å²) in [5.41, 5.74) is 5.82. The molecule has 1 atom stereocenters. The van der Waals surface area contributed by atoms with Gasteiger partial charge in [0.25, 0.3) is 5.91 Å². The van der Waals surface area contributed by atoms with Crippen LogP contribution < -0.4 is 15.5 Å². The zero-order valence-electron chi connectivity index (χ0n) is 15.9. The van der Waals surface area contributed by atoms with Crippen LogP contribution in [-0.4, -0.2) is 18.2 Å². The van der Waals surface area contributed by atoms with E-state index in [1.54, 1.807) is 37.4 Å². The smallest absolute Gasteiger partial charge is 0.280 e. The van der Waals surface area contributed by atoms with E-state index in [0.29, 0.717) is 11.3 Å². The number of ether oxygens (including phenoxy) is 1. The average Bonchev–Trinajstić information content (AvgIpc) is 2.76.